The molecule has 0 radical (unpaired) electrons. The summed E-state index contributed by atoms with van der Waals surface area (Å²) in [7, 11) is 0. The van der Waals surface area contributed by atoms with E-state index in [2.05, 4.69) is 4.90 Å². The molecule has 2 aliphatic rings. The van der Waals surface area contributed by atoms with Crippen molar-refractivity contribution < 1.29 is 19.4 Å². The number of para-hydroxylation sites is 1. The van der Waals surface area contributed by atoms with Crippen LogP contribution < -0.4 is 9.80 Å². The Morgan fingerprint density at radius 3 is 2.50 bits per heavy atom. The van der Waals surface area contributed by atoms with E-state index < -0.39 is 11.7 Å². The first-order valence-corrected chi connectivity index (χ1v) is 12.0. The molecule has 4 rings (SSSR count). The maximum atomic E-state index is 13.7. The molecule has 1 saturated heterocycles. The number of benzene rings is 2. The number of hydrogen-bond acceptors (Lipinski definition) is 5. The highest BCUT2D eigenvalue weighted by Gasteiger charge is 2.34. The number of halogens is 1. The van der Waals surface area contributed by atoms with Crippen LogP contribution in [0, 0.1) is 0 Å². The minimum absolute atomic E-state index is 0.219. The predicted molar refractivity (Wildman–Crippen MR) is 134 cm³/mol. The summed E-state index contributed by atoms with van der Waals surface area (Å²) in [6.45, 7) is 9.40. The molecule has 1 N–H and O–H groups in total. The van der Waals surface area contributed by atoms with Crippen molar-refractivity contribution in [2.24, 2.45) is 0 Å². The van der Waals surface area contributed by atoms with Crippen LogP contribution in [0.2, 0.25) is 5.02 Å². The van der Waals surface area contributed by atoms with Crippen LogP contribution in [0.3, 0.4) is 0 Å². The van der Waals surface area contributed by atoms with Crippen molar-refractivity contribution in [1.82, 2.24) is 4.90 Å². The van der Waals surface area contributed by atoms with Gasteiger partial charge in [-0.3, -0.25) is 9.69 Å². The van der Waals surface area contributed by atoms with Crippen molar-refractivity contribution in [3.8, 4) is 0 Å². The zero-order chi connectivity index (χ0) is 24.6. The summed E-state index contributed by atoms with van der Waals surface area (Å²) in [6.07, 6.45) is -0.0306. The number of nitrogens with zero attached hydrogens (tertiary/aromatic N) is 3. The van der Waals surface area contributed by atoms with E-state index >= 15 is 0 Å². The van der Waals surface area contributed by atoms with E-state index in [1.165, 1.54) is 0 Å². The Labute approximate surface area is 205 Å². The molecule has 2 heterocycles. The molecule has 0 aliphatic carbocycles. The number of aliphatic hydroxyl groups is 1. The number of β-amino-alcohol motifs (C(OH)–C–C–N with tert-alkyl or cyclic N) is 1. The summed E-state index contributed by atoms with van der Waals surface area (Å²) in [5.41, 5.74) is 2.30. The van der Waals surface area contributed by atoms with Gasteiger partial charge < -0.3 is 19.6 Å². The second kappa shape index (κ2) is 9.47. The highest BCUT2D eigenvalue weighted by molar-refractivity contribution is 6.34. The molecule has 1 unspecified atom stereocenters. The molecule has 1 fully saturated rings. The Morgan fingerprint density at radius 1 is 1.12 bits per heavy atom. The summed E-state index contributed by atoms with van der Waals surface area (Å²) in [6, 6.07) is 12.7. The third-order valence-electron chi connectivity index (χ3n) is 6.19. The summed E-state index contributed by atoms with van der Waals surface area (Å²) < 4.78 is 5.63. The van der Waals surface area contributed by atoms with Crippen LogP contribution in [0.4, 0.5) is 16.2 Å². The lowest BCUT2D eigenvalue weighted by molar-refractivity contribution is 0.0167. The van der Waals surface area contributed by atoms with Crippen molar-refractivity contribution in [3.05, 3.63) is 58.6 Å². The molecule has 0 spiro atoms. The number of ether oxygens (including phenoxy) is 1. The smallest absolute Gasteiger partial charge is 0.410 e. The van der Waals surface area contributed by atoms with Crippen LogP contribution in [0.25, 0.3) is 0 Å². The van der Waals surface area contributed by atoms with Gasteiger partial charge in [0.15, 0.2) is 0 Å². The minimum Gasteiger partial charge on any atom is -0.444 e. The van der Waals surface area contributed by atoms with Crippen LogP contribution in [0.5, 0.6) is 0 Å². The van der Waals surface area contributed by atoms with E-state index in [-0.39, 0.29) is 18.1 Å². The fourth-order valence-corrected chi connectivity index (χ4v) is 4.72. The fourth-order valence-electron chi connectivity index (χ4n) is 4.46. The average Bonchev–Trinajstić information content (AvgIpc) is 3.14. The van der Waals surface area contributed by atoms with E-state index in [1.54, 1.807) is 21.9 Å². The number of anilines is 2. The van der Waals surface area contributed by atoms with Gasteiger partial charge >= 0.3 is 6.09 Å². The lowest BCUT2D eigenvalue weighted by Crippen LogP contribution is -2.46. The van der Waals surface area contributed by atoms with E-state index in [1.807, 2.05) is 58.0 Å². The quantitative estimate of drug-likeness (QED) is 0.667. The van der Waals surface area contributed by atoms with Gasteiger partial charge in [0.2, 0.25) is 0 Å². The zero-order valence-electron chi connectivity index (χ0n) is 20.1. The Balaban J connectivity index is 1.63. The molecule has 2 aromatic carbocycles. The first-order chi connectivity index (χ1) is 16.0. The number of aliphatic hydroxyl groups excluding tert-OH is 1. The molecule has 34 heavy (non-hydrogen) atoms. The fraction of sp³-hybridized carbons (Fsp3) is 0.462. The van der Waals surface area contributed by atoms with Crippen LogP contribution in [0.1, 0.15) is 50.0 Å². The van der Waals surface area contributed by atoms with E-state index in [0.717, 1.165) is 29.9 Å². The molecule has 2 atom stereocenters. The van der Waals surface area contributed by atoms with E-state index in [0.29, 0.717) is 30.2 Å². The van der Waals surface area contributed by atoms with Gasteiger partial charge in [0.25, 0.3) is 5.91 Å². The Morgan fingerprint density at radius 2 is 1.85 bits per heavy atom. The average molecular weight is 486 g/mol. The van der Waals surface area contributed by atoms with Gasteiger partial charge in [0, 0.05) is 31.0 Å². The van der Waals surface area contributed by atoms with Crippen LogP contribution in [-0.4, -0.2) is 59.4 Å². The van der Waals surface area contributed by atoms with Crippen LogP contribution in [-0.2, 0) is 11.3 Å². The Kier molecular flexibility index (Phi) is 6.78. The van der Waals surface area contributed by atoms with Crippen molar-refractivity contribution in [2.45, 2.75) is 58.4 Å². The number of fused-ring (bicyclic) bond motifs is 1. The summed E-state index contributed by atoms with van der Waals surface area (Å²) in [4.78, 5) is 32.1. The van der Waals surface area contributed by atoms with Crippen molar-refractivity contribution in [1.29, 1.82) is 0 Å². The largest absolute Gasteiger partial charge is 0.444 e. The van der Waals surface area contributed by atoms with Gasteiger partial charge in [0.05, 0.1) is 29.3 Å². The maximum absolute atomic E-state index is 13.7. The first-order valence-electron chi connectivity index (χ1n) is 11.7. The molecule has 2 aliphatic heterocycles. The van der Waals surface area contributed by atoms with Gasteiger partial charge in [-0.05, 0) is 63.9 Å². The lowest BCUT2D eigenvalue weighted by Gasteiger charge is -2.31. The number of hydrogen-bond donors (Lipinski definition) is 1. The Bertz CT molecular complexity index is 1080. The SMILES string of the molecule is C[C@@H]1CN(C(=O)c2ccc(N3CCC(O)C3)cc2Cl)c2ccccc2CN1C(=O)OC(C)(C)C. The number of carbonyl (C=O) groups is 2. The third kappa shape index (κ3) is 5.15. The normalized spacial score (nSPS) is 20.7. The second-order valence-corrected chi connectivity index (χ2v) is 10.5. The van der Waals surface area contributed by atoms with Crippen LogP contribution >= 0.6 is 11.6 Å². The predicted octanol–water partition coefficient (Wildman–Crippen LogP) is 4.70. The zero-order valence-corrected chi connectivity index (χ0v) is 20.9. The number of amides is 2. The summed E-state index contributed by atoms with van der Waals surface area (Å²) in [5.74, 6) is -0.219. The molecule has 8 heteroatoms. The number of rotatable bonds is 2. The molecule has 182 valence electrons. The standard InChI is InChI=1S/C26H32ClN3O4/c1-17-14-30(23-8-6-5-7-18(23)15-29(17)25(33)34-26(2,3)4)24(32)21-10-9-19(13-22(21)27)28-12-11-20(31)16-28/h5-10,13,17,20,31H,11-12,14-16H2,1-4H3/t17-,20?/m1/s1. The lowest BCUT2D eigenvalue weighted by atomic mass is 10.1. The van der Waals surface area contributed by atoms with Gasteiger partial charge in [-0.2, -0.15) is 0 Å². The molecular formula is C26H32ClN3O4. The summed E-state index contributed by atoms with van der Waals surface area (Å²) in [5, 5.41) is 10.2. The molecule has 2 aromatic rings. The molecule has 0 aromatic heterocycles. The van der Waals surface area contributed by atoms with Gasteiger partial charge in [0.1, 0.15) is 5.60 Å². The monoisotopic (exact) mass is 485 g/mol. The van der Waals surface area contributed by atoms with Crippen molar-refractivity contribution >= 4 is 35.0 Å². The highest BCUT2D eigenvalue weighted by Crippen LogP contribution is 2.32. The number of carbonyl (C=O) groups excluding carboxylic acids is 2. The molecule has 7 nitrogen and oxygen atoms in total. The van der Waals surface area contributed by atoms with Crippen LogP contribution in [0.15, 0.2) is 42.5 Å². The first kappa shape index (κ1) is 24.4. The minimum atomic E-state index is -0.612. The van der Waals surface area contributed by atoms with Gasteiger partial charge in [-0.25, -0.2) is 4.79 Å². The highest BCUT2D eigenvalue weighted by atomic mass is 35.5. The van der Waals surface area contributed by atoms with Gasteiger partial charge in [-0.1, -0.05) is 29.8 Å². The van der Waals surface area contributed by atoms with Crippen molar-refractivity contribution in [2.75, 3.05) is 29.4 Å². The topological polar surface area (TPSA) is 73.3 Å². The molecule has 0 saturated carbocycles. The molecule has 0 bridgehead atoms. The van der Waals surface area contributed by atoms with E-state index in [4.69, 9.17) is 16.3 Å². The van der Waals surface area contributed by atoms with Gasteiger partial charge in [-0.15, -0.1) is 0 Å². The third-order valence-corrected chi connectivity index (χ3v) is 6.50. The molecule has 2 amide bonds. The molecular weight excluding hydrogens is 454 g/mol. The Hall–Kier alpha value is -2.77. The van der Waals surface area contributed by atoms with E-state index in [9.17, 15) is 14.7 Å². The maximum Gasteiger partial charge on any atom is 0.410 e. The summed E-state index contributed by atoms with van der Waals surface area (Å²) >= 11 is 6.59. The van der Waals surface area contributed by atoms with Crippen molar-refractivity contribution in [3.63, 3.8) is 0 Å². The second-order valence-electron chi connectivity index (χ2n) is 10.1.